The summed E-state index contributed by atoms with van der Waals surface area (Å²) in [5.74, 6) is -2.58. The molecule has 1 saturated heterocycles. The third kappa shape index (κ3) is 6.22. The number of hydrogen-bond acceptors (Lipinski definition) is 9. The number of nitrogens with one attached hydrogen (secondary N) is 1. The lowest BCUT2D eigenvalue weighted by atomic mass is 9.95. The fourth-order valence-electron chi connectivity index (χ4n) is 2.46. The minimum atomic E-state index is -1.29. The first-order valence-corrected chi connectivity index (χ1v) is 7.60. The van der Waals surface area contributed by atoms with E-state index in [1.165, 1.54) is 6.92 Å². The van der Waals surface area contributed by atoms with Gasteiger partial charge in [0, 0.05) is 32.6 Å². The smallest absolute Gasteiger partial charge is 0.303 e. The monoisotopic (exact) mass is 372 g/mol. The van der Waals surface area contributed by atoms with Crippen molar-refractivity contribution in [3.8, 4) is 0 Å². The van der Waals surface area contributed by atoms with Gasteiger partial charge in [-0.2, -0.15) is 0 Å². The second-order valence-corrected chi connectivity index (χ2v) is 5.45. The number of amides is 1. The molecule has 0 radical (unpaired) electrons. The Labute approximate surface area is 148 Å². The Kier molecular flexibility index (Phi) is 7.81. The molecule has 0 spiro atoms. The van der Waals surface area contributed by atoms with Crippen molar-refractivity contribution in [2.24, 2.45) is 5.11 Å². The highest BCUT2D eigenvalue weighted by Gasteiger charge is 2.50. The van der Waals surface area contributed by atoms with Crippen molar-refractivity contribution in [2.45, 2.75) is 58.3 Å². The normalized spacial score (nSPS) is 27.5. The summed E-state index contributed by atoms with van der Waals surface area (Å²) in [7, 11) is 0. The molecular weight excluding hydrogens is 352 g/mol. The van der Waals surface area contributed by atoms with Gasteiger partial charge >= 0.3 is 17.9 Å². The Bertz CT molecular complexity index is 618. The zero-order valence-corrected chi connectivity index (χ0v) is 14.7. The highest BCUT2D eigenvalue weighted by atomic mass is 16.6. The molecule has 0 bridgehead atoms. The molecule has 1 heterocycles. The highest BCUT2D eigenvalue weighted by Crippen LogP contribution is 2.28. The number of rotatable bonds is 6. The summed E-state index contributed by atoms with van der Waals surface area (Å²) < 4.78 is 20.8. The molecule has 1 rings (SSSR count). The SMILES string of the molecule is CC(=O)N[C@H]1[C@@H](OC(C)=O)[C@@H](OC(C)=O)[C@@H](COC(C)=O)O[C@H]1N=[N+]=[N-]. The number of ether oxygens (including phenoxy) is 4. The number of hydrogen-bond donors (Lipinski definition) is 1. The fraction of sp³-hybridized carbons (Fsp3) is 0.714. The van der Waals surface area contributed by atoms with E-state index in [1.54, 1.807) is 0 Å². The van der Waals surface area contributed by atoms with E-state index in [-0.39, 0.29) is 6.61 Å². The quantitative estimate of drug-likeness (QED) is 0.223. The molecule has 0 saturated carbocycles. The summed E-state index contributed by atoms with van der Waals surface area (Å²) in [5, 5.41) is 5.89. The molecule has 0 aliphatic carbocycles. The predicted molar refractivity (Wildman–Crippen MR) is 83.2 cm³/mol. The van der Waals surface area contributed by atoms with Gasteiger partial charge in [-0.3, -0.25) is 19.2 Å². The van der Waals surface area contributed by atoms with E-state index in [4.69, 9.17) is 24.5 Å². The summed E-state index contributed by atoms with van der Waals surface area (Å²) in [6.45, 7) is 4.26. The van der Waals surface area contributed by atoms with E-state index >= 15 is 0 Å². The van der Waals surface area contributed by atoms with Crippen LogP contribution in [-0.4, -0.2) is 61.0 Å². The van der Waals surface area contributed by atoms with E-state index in [2.05, 4.69) is 15.3 Å². The Hall–Kier alpha value is -2.85. The van der Waals surface area contributed by atoms with Crippen molar-refractivity contribution >= 4 is 23.8 Å². The first kappa shape index (κ1) is 21.2. The van der Waals surface area contributed by atoms with Crippen molar-refractivity contribution < 1.29 is 38.1 Å². The van der Waals surface area contributed by atoms with Gasteiger partial charge in [0.2, 0.25) is 5.91 Å². The average molecular weight is 372 g/mol. The van der Waals surface area contributed by atoms with Gasteiger partial charge in [0.05, 0.1) is 0 Å². The van der Waals surface area contributed by atoms with Crippen LogP contribution in [0.1, 0.15) is 27.7 Å². The van der Waals surface area contributed by atoms with Crippen LogP contribution in [0.2, 0.25) is 0 Å². The molecule has 0 aromatic carbocycles. The van der Waals surface area contributed by atoms with Gasteiger partial charge in [0.15, 0.2) is 18.4 Å². The van der Waals surface area contributed by atoms with Crippen LogP contribution in [0.15, 0.2) is 5.11 Å². The molecule has 5 atom stereocenters. The number of esters is 3. The molecule has 12 nitrogen and oxygen atoms in total. The van der Waals surface area contributed by atoms with Crippen LogP contribution < -0.4 is 5.32 Å². The second kappa shape index (κ2) is 9.59. The van der Waals surface area contributed by atoms with Crippen LogP contribution in [0, 0.1) is 0 Å². The lowest BCUT2D eigenvalue weighted by Crippen LogP contribution is -2.65. The molecule has 144 valence electrons. The lowest BCUT2D eigenvalue weighted by Gasteiger charge is -2.43. The lowest BCUT2D eigenvalue weighted by molar-refractivity contribution is -0.222. The van der Waals surface area contributed by atoms with Crippen molar-refractivity contribution in [3.05, 3.63) is 10.4 Å². The third-order valence-electron chi connectivity index (χ3n) is 3.26. The van der Waals surface area contributed by atoms with Gasteiger partial charge < -0.3 is 24.3 Å². The van der Waals surface area contributed by atoms with Crippen molar-refractivity contribution in [1.29, 1.82) is 0 Å². The van der Waals surface area contributed by atoms with Gasteiger partial charge in [-0.25, -0.2) is 0 Å². The molecular formula is C14H20N4O8. The van der Waals surface area contributed by atoms with Crippen LogP contribution in [0.4, 0.5) is 0 Å². The zero-order valence-electron chi connectivity index (χ0n) is 14.7. The van der Waals surface area contributed by atoms with Crippen LogP contribution in [0.25, 0.3) is 10.4 Å². The second-order valence-electron chi connectivity index (χ2n) is 5.45. The first-order valence-electron chi connectivity index (χ1n) is 7.60. The molecule has 0 aromatic heterocycles. The highest BCUT2D eigenvalue weighted by molar-refractivity contribution is 5.73. The summed E-state index contributed by atoms with van der Waals surface area (Å²) in [6, 6.07) is -1.12. The number of nitrogens with zero attached hydrogens (tertiary/aromatic N) is 3. The number of carbonyl (C=O) groups is 4. The zero-order chi connectivity index (χ0) is 19.9. The summed E-state index contributed by atoms with van der Waals surface area (Å²) in [6.07, 6.45) is -4.82. The molecule has 0 aromatic rings. The average Bonchev–Trinajstić information content (AvgIpc) is 2.50. The van der Waals surface area contributed by atoms with Gasteiger partial charge in [-0.15, -0.1) is 0 Å². The predicted octanol–water partition coefficient (Wildman–Crippen LogP) is -0.0472. The summed E-state index contributed by atoms with van der Waals surface area (Å²) in [4.78, 5) is 48.2. The Morgan fingerprint density at radius 3 is 2.08 bits per heavy atom. The molecule has 12 heteroatoms. The fourth-order valence-corrected chi connectivity index (χ4v) is 2.46. The van der Waals surface area contributed by atoms with E-state index < -0.39 is 54.4 Å². The minimum Gasteiger partial charge on any atom is -0.463 e. The van der Waals surface area contributed by atoms with Gasteiger partial charge in [0.1, 0.15) is 18.8 Å². The number of carbonyl (C=O) groups excluding carboxylic acids is 4. The molecule has 1 fully saturated rings. The maximum absolute atomic E-state index is 11.5. The summed E-state index contributed by atoms with van der Waals surface area (Å²) in [5.41, 5.74) is 8.74. The molecule has 1 amide bonds. The van der Waals surface area contributed by atoms with Crippen LogP contribution in [0.5, 0.6) is 0 Å². The Morgan fingerprint density at radius 1 is 1.04 bits per heavy atom. The third-order valence-corrected chi connectivity index (χ3v) is 3.26. The van der Waals surface area contributed by atoms with Crippen LogP contribution in [-0.2, 0) is 38.1 Å². The summed E-state index contributed by atoms with van der Waals surface area (Å²) >= 11 is 0. The largest absolute Gasteiger partial charge is 0.463 e. The first-order chi connectivity index (χ1) is 12.1. The van der Waals surface area contributed by atoms with Gasteiger partial charge in [-0.1, -0.05) is 5.11 Å². The minimum absolute atomic E-state index is 0.352. The molecule has 26 heavy (non-hydrogen) atoms. The van der Waals surface area contributed by atoms with Crippen molar-refractivity contribution in [3.63, 3.8) is 0 Å². The van der Waals surface area contributed by atoms with Crippen molar-refractivity contribution in [2.75, 3.05) is 6.61 Å². The van der Waals surface area contributed by atoms with E-state index in [0.29, 0.717) is 0 Å². The Balaban J connectivity index is 3.28. The van der Waals surface area contributed by atoms with E-state index in [0.717, 1.165) is 20.8 Å². The maximum Gasteiger partial charge on any atom is 0.303 e. The number of azide groups is 1. The Morgan fingerprint density at radius 2 is 1.62 bits per heavy atom. The molecule has 1 N–H and O–H groups in total. The van der Waals surface area contributed by atoms with E-state index in [1.807, 2.05) is 0 Å². The molecule has 0 unspecified atom stereocenters. The van der Waals surface area contributed by atoms with Gasteiger partial charge in [0.25, 0.3) is 0 Å². The van der Waals surface area contributed by atoms with Gasteiger partial charge in [-0.05, 0) is 5.53 Å². The van der Waals surface area contributed by atoms with Crippen LogP contribution >= 0.6 is 0 Å². The topological polar surface area (TPSA) is 166 Å². The molecule has 1 aliphatic heterocycles. The van der Waals surface area contributed by atoms with Crippen LogP contribution in [0.3, 0.4) is 0 Å². The molecule has 1 aliphatic rings. The van der Waals surface area contributed by atoms with Crippen molar-refractivity contribution in [1.82, 2.24) is 5.32 Å². The van der Waals surface area contributed by atoms with E-state index in [9.17, 15) is 19.2 Å². The standard InChI is InChI=1S/C14H20N4O8/c1-6(19)16-11-13(25-9(4)22)12(24-8(3)21)10(5-23-7(2)20)26-14(11)17-18-15/h10-14H,5H2,1-4H3,(H,16,19)/t10-,11+,12+,13-,14-/m1/s1. The maximum atomic E-state index is 11.5.